The van der Waals surface area contributed by atoms with Crippen molar-refractivity contribution < 1.29 is 4.79 Å². The highest BCUT2D eigenvalue weighted by atomic mass is 16.2. The van der Waals surface area contributed by atoms with E-state index in [0.29, 0.717) is 18.5 Å². The topological polar surface area (TPSA) is 49.6 Å². The Morgan fingerprint density at radius 3 is 2.70 bits per heavy atom. The second-order valence-electron chi connectivity index (χ2n) is 6.30. The number of rotatable bonds is 5. The first-order chi connectivity index (χ1) is 9.63. The van der Waals surface area contributed by atoms with E-state index in [9.17, 15) is 4.79 Å². The molecule has 0 aromatic carbocycles. The monoisotopic (exact) mass is 279 g/mol. The first kappa shape index (κ1) is 15.5. The third-order valence-electron chi connectivity index (χ3n) is 4.94. The van der Waals surface area contributed by atoms with Gasteiger partial charge in [0.05, 0.1) is 6.54 Å². The van der Waals surface area contributed by atoms with Crippen molar-refractivity contribution in [3.63, 3.8) is 0 Å². The maximum absolute atomic E-state index is 12.4. The predicted molar refractivity (Wildman–Crippen MR) is 82.1 cm³/mol. The summed E-state index contributed by atoms with van der Waals surface area (Å²) in [5.74, 6) is 0.763. The Morgan fingerprint density at radius 1 is 1.30 bits per heavy atom. The first-order valence-electron chi connectivity index (χ1n) is 7.99. The predicted octanol–water partition coefficient (Wildman–Crippen LogP) is 1.96. The molecular formula is C16H29N3O. The Bertz CT molecular complexity index is 367. The molecule has 0 radical (unpaired) electrons. The van der Waals surface area contributed by atoms with Crippen LogP contribution in [0.4, 0.5) is 0 Å². The first-order valence-corrected chi connectivity index (χ1v) is 7.99. The van der Waals surface area contributed by atoms with Gasteiger partial charge in [-0.3, -0.25) is 9.69 Å². The van der Waals surface area contributed by atoms with Gasteiger partial charge in [0.15, 0.2) is 0 Å². The molecule has 20 heavy (non-hydrogen) atoms. The number of nitrogens with zero attached hydrogens (tertiary/aromatic N) is 2. The van der Waals surface area contributed by atoms with Gasteiger partial charge in [-0.25, -0.2) is 0 Å². The molecule has 0 aliphatic heterocycles. The van der Waals surface area contributed by atoms with Crippen molar-refractivity contribution in [3.8, 4) is 0 Å². The Kier molecular flexibility index (Phi) is 5.61. The fourth-order valence-electron chi connectivity index (χ4n) is 3.60. The summed E-state index contributed by atoms with van der Waals surface area (Å²) in [6.07, 6.45) is 10.5. The van der Waals surface area contributed by atoms with Crippen LogP contribution in [0.15, 0.2) is 11.8 Å². The molecule has 1 fully saturated rings. The van der Waals surface area contributed by atoms with E-state index in [-0.39, 0.29) is 5.91 Å². The van der Waals surface area contributed by atoms with Crippen LogP contribution in [0.2, 0.25) is 0 Å². The van der Waals surface area contributed by atoms with Gasteiger partial charge >= 0.3 is 0 Å². The lowest BCUT2D eigenvalue weighted by Crippen LogP contribution is -2.47. The standard InChI is InChI=1S/C16H29N3O/c1-18(15-10-6-3-7-13(15)11-17)12-16(20)19(2)14-8-4-5-9-14/h8,13,15H,3-7,9-12,17H2,1-2H3. The van der Waals surface area contributed by atoms with E-state index in [1.165, 1.54) is 37.8 Å². The van der Waals surface area contributed by atoms with Crippen LogP contribution in [0, 0.1) is 5.92 Å². The Morgan fingerprint density at radius 2 is 2.05 bits per heavy atom. The van der Waals surface area contributed by atoms with Gasteiger partial charge in [-0.2, -0.15) is 0 Å². The van der Waals surface area contributed by atoms with E-state index in [1.807, 2.05) is 11.9 Å². The van der Waals surface area contributed by atoms with E-state index >= 15 is 0 Å². The third kappa shape index (κ3) is 3.61. The molecule has 0 bridgehead atoms. The van der Waals surface area contributed by atoms with Gasteiger partial charge in [0.25, 0.3) is 0 Å². The van der Waals surface area contributed by atoms with Crippen molar-refractivity contribution in [2.45, 2.75) is 51.0 Å². The molecule has 2 unspecified atom stereocenters. The van der Waals surface area contributed by atoms with Gasteiger partial charge in [0, 0.05) is 18.8 Å². The van der Waals surface area contributed by atoms with E-state index in [2.05, 4.69) is 18.0 Å². The number of likely N-dealkylation sites (N-methyl/N-ethyl adjacent to an activating group) is 2. The number of allylic oxidation sites excluding steroid dienone is 2. The van der Waals surface area contributed by atoms with Crippen molar-refractivity contribution in [2.75, 3.05) is 27.2 Å². The molecule has 0 spiro atoms. The molecule has 2 N–H and O–H groups in total. The molecule has 2 aliphatic carbocycles. The van der Waals surface area contributed by atoms with Gasteiger partial charge in [-0.15, -0.1) is 0 Å². The third-order valence-corrected chi connectivity index (χ3v) is 4.94. The zero-order valence-corrected chi connectivity index (χ0v) is 13.0. The molecule has 0 saturated heterocycles. The van der Waals surface area contributed by atoms with E-state index in [4.69, 9.17) is 5.73 Å². The summed E-state index contributed by atoms with van der Waals surface area (Å²) in [5.41, 5.74) is 7.09. The lowest BCUT2D eigenvalue weighted by Gasteiger charge is -2.37. The molecule has 0 heterocycles. The van der Waals surface area contributed by atoms with Gasteiger partial charge in [-0.1, -0.05) is 18.9 Å². The van der Waals surface area contributed by atoms with Crippen LogP contribution in [0.5, 0.6) is 0 Å². The van der Waals surface area contributed by atoms with E-state index < -0.39 is 0 Å². The quantitative estimate of drug-likeness (QED) is 0.837. The fourth-order valence-corrected chi connectivity index (χ4v) is 3.60. The normalized spacial score (nSPS) is 26.7. The van der Waals surface area contributed by atoms with Crippen molar-refractivity contribution in [3.05, 3.63) is 11.8 Å². The molecule has 2 rings (SSSR count). The lowest BCUT2D eigenvalue weighted by atomic mass is 9.84. The smallest absolute Gasteiger partial charge is 0.240 e. The van der Waals surface area contributed by atoms with Crippen LogP contribution in [-0.4, -0.2) is 48.9 Å². The van der Waals surface area contributed by atoms with Crippen molar-refractivity contribution in [1.29, 1.82) is 0 Å². The zero-order chi connectivity index (χ0) is 14.5. The molecule has 114 valence electrons. The molecule has 2 atom stereocenters. The Hall–Kier alpha value is -0.870. The number of carbonyl (C=O) groups excluding carboxylic acids is 1. The molecular weight excluding hydrogens is 250 g/mol. The van der Waals surface area contributed by atoms with Crippen LogP contribution in [-0.2, 0) is 4.79 Å². The largest absolute Gasteiger partial charge is 0.330 e. The minimum absolute atomic E-state index is 0.210. The average Bonchev–Trinajstić information content (AvgIpc) is 3.00. The summed E-state index contributed by atoms with van der Waals surface area (Å²) < 4.78 is 0. The van der Waals surface area contributed by atoms with E-state index in [0.717, 1.165) is 19.4 Å². The van der Waals surface area contributed by atoms with Crippen LogP contribution in [0.25, 0.3) is 0 Å². The highest BCUT2D eigenvalue weighted by Crippen LogP contribution is 2.27. The molecule has 0 aromatic rings. The number of carbonyl (C=O) groups is 1. The van der Waals surface area contributed by atoms with Crippen molar-refractivity contribution in [1.82, 2.24) is 9.80 Å². The minimum atomic E-state index is 0.210. The maximum atomic E-state index is 12.4. The lowest BCUT2D eigenvalue weighted by molar-refractivity contribution is -0.130. The van der Waals surface area contributed by atoms with E-state index in [1.54, 1.807) is 0 Å². The van der Waals surface area contributed by atoms with Crippen molar-refractivity contribution >= 4 is 5.91 Å². The molecule has 2 aliphatic rings. The summed E-state index contributed by atoms with van der Waals surface area (Å²) in [7, 11) is 3.99. The average molecular weight is 279 g/mol. The number of hydrogen-bond acceptors (Lipinski definition) is 3. The SMILES string of the molecule is CN(C(=O)CN(C)C1CCCCC1CN)C1=CCCC1. The second kappa shape index (κ2) is 7.23. The zero-order valence-electron chi connectivity index (χ0n) is 13.0. The molecule has 4 nitrogen and oxygen atoms in total. The number of amides is 1. The number of nitrogens with two attached hydrogens (primary N) is 1. The molecule has 4 heteroatoms. The summed E-state index contributed by atoms with van der Waals surface area (Å²) in [6, 6.07) is 0.476. The van der Waals surface area contributed by atoms with Crippen LogP contribution in [0.1, 0.15) is 44.9 Å². The molecule has 1 amide bonds. The summed E-state index contributed by atoms with van der Waals surface area (Å²) in [4.78, 5) is 16.5. The highest BCUT2D eigenvalue weighted by Gasteiger charge is 2.29. The molecule has 1 saturated carbocycles. The van der Waals surface area contributed by atoms with Crippen LogP contribution < -0.4 is 5.73 Å². The van der Waals surface area contributed by atoms with Crippen LogP contribution in [0.3, 0.4) is 0 Å². The van der Waals surface area contributed by atoms with Gasteiger partial charge < -0.3 is 10.6 Å². The Balaban J connectivity index is 1.89. The summed E-state index contributed by atoms with van der Waals surface area (Å²) in [6.45, 7) is 1.25. The van der Waals surface area contributed by atoms with Gasteiger partial charge in [0.2, 0.25) is 5.91 Å². The summed E-state index contributed by atoms with van der Waals surface area (Å²) >= 11 is 0. The second-order valence-corrected chi connectivity index (χ2v) is 6.30. The van der Waals surface area contributed by atoms with Gasteiger partial charge in [-0.05, 0) is 51.6 Å². The fraction of sp³-hybridized carbons (Fsp3) is 0.812. The maximum Gasteiger partial charge on any atom is 0.240 e. The Labute approximate surface area is 123 Å². The van der Waals surface area contributed by atoms with Crippen molar-refractivity contribution in [2.24, 2.45) is 11.7 Å². The number of hydrogen-bond donors (Lipinski definition) is 1. The molecule has 0 aromatic heterocycles. The highest BCUT2D eigenvalue weighted by molar-refractivity contribution is 5.79. The van der Waals surface area contributed by atoms with Gasteiger partial charge in [0.1, 0.15) is 0 Å². The minimum Gasteiger partial charge on any atom is -0.330 e. The van der Waals surface area contributed by atoms with Crippen LogP contribution >= 0.6 is 0 Å². The summed E-state index contributed by atoms with van der Waals surface area (Å²) in [5, 5.41) is 0.